The summed E-state index contributed by atoms with van der Waals surface area (Å²) in [4.78, 5) is 34.2. The minimum absolute atomic E-state index is 0.113. The second-order valence-corrected chi connectivity index (χ2v) is 9.60. The fourth-order valence-corrected chi connectivity index (χ4v) is 5.93. The van der Waals surface area contributed by atoms with Crippen molar-refractivity contribution in [3.8, 4) is 11.5 Å². The molecule has 2 amide bonds. The summed E-state index contributed by atoms with van der Waals surface area (Å²) >= 11 is 1.47. The van der Waals surface area contributed by atoms with E-state index in [9.17, 15) is 9.59 Å². The minimum Gasteiger partial charge on any atom is -0.454 e. The highest BCUT2D eigenvalue weighted by atomic mass is 32.1. The first kappa shape index (κ1) is 20.2. The summed E-state index contributed by atoms with van der Waals surface area (Å²) in [6.45, 7) is 0.899. The van der Waals surface area contributed by atoms with E-state index in [1.165, 1.54) is 16.9 Å². The third-order valence-electron chi connectivity index (χ3n) is 6.48. The zero-order valence-corrected chi connectivity index (χ0v) is 18.8. The summed E-state index contributed by atoms with van der Waals surface area (Å²) in [6, 6.07) is 13.3. The molecule has 1 N–H and O–H groups in total. The molecular formula is C25H23N3O4S. The van der Waals surface area contributed by atoms with Gasteiger partial charge in [0.25, 0.3) is 5.91 Å². The molecule has 7 nitrogen and oxygen atoms in total. The van der Waals surface area contributed by atoms with Gasteiger partial charge in [-0.15, -0.1) is 11.3 Å². The number of carbonyl (C=O) groups excluding carboxylic acids is 2. The van der Waals surface area contributed by atoms with Crippen LogP contribution < -0.4 is 19.7 Å². The summed E-state index contributed by atoms with van der Waals surface area (Å²) in [5.41, 5.74) is 3.54. The summed E-state index contributed by atoms with van der Waals surface area (Å²) in [5, 5.41) is 3.44. The van der Waals surface area contributed by atoms with Gasteiger partial charge in [-0.25, -0.2) is 4.98 Å². The first-order valence-corrected chi connectivity index (χ1v) is 12.1. The molecule has 0 spiro atoms. The van der Waals surface area contributed by atoms with Gasteiger partial charge >= 0.3 is 0 Å². The fraction of sp³-hybridized carbons (Fsp3) is 0.320. The summed E-state index contributed by atoms with van der Waals surface area (Å²) in [5.74, 6) is 0.784. The van der Waals surface area contributed by atoms with Gasteiger partial charge in [-0.1, -0.05) is 18.2 Å². The number of hydrogen-bond acceptors (Lipinski definition) is 6. The molecule has 33 heavy (non-hydrogen) atoms. The number of hydrogen-bond donors (Lipinski definition) is 1. The van der Waals surface area contributed by atoms with Crippen LogP contribution in [0, 0.1) is 0 Å². The van der Waals surface area contributed by atoms with Crippen LogP contribution in [-0.4, -0.2) is 30.1 Å². The Bertz CT molecular complexity index is 1250. The van der Waals surface area contributed by atoms with Crippen molar-refractivity contribution in [2.75, 3.05) is 23.6 Å². The molecule has 3 aromatic rings. The highest BCUT2D eigenvalue weighted by Gasteiger charge is 2.35. The van der Waals surface area contributed by atoms with Gasteiger partial charge < -0.3 is 14.4 Å². The van der Waals surface area contributed by atoms with E-state index in [-0.39, 0.29) is 24.5 Å². The summed E-state index contributed by atoms with van der Waals surface area (Å²) in [6.07, 6.45) is 4.58. The van der Waals surface area contributed by atoms with Crippen molar-refractivity contribution in [2.24, 2.45) is 0 Å². The number of ether oxygens (including phenoxy) is 2. The van der Waals surface area contributed by atoms with Crippen LogP contribution in [0.15, 0.2) is 42.5 Å². The van der Waals surface area contributed by atoms with Gasteiger partial charge in [0.05, 0.1) is 11.6 Å². The lowest BCUT2D eigenvalue weighted by Crippen LogP contribution is -2.39. The molecule has 3 heterocycles. The van der Waals surface area contributed by atoms with E-state index in [4.69, 9.17) is 14.5 Å². The van der Waals surface area contributed by atoms with Crippen LogP contribution in [0.25, 0.3) is 0 Å². The van der Waals surface area contributed by atoms with Gasteiger partial charge in [0.15, 0.2) is 16.6 Å². The maximum absolute atomic E-state index is 13.6. The number of para-hydroxylation sites is 1. The van der Waals surface area contributed by atoms with Crippen LogP contribution in [0.4, 0.5) is 10.8 Å². The topological polar surface area (TPSA) is 80.8 Å². The number of benzene rings is 2. The zero-order chi connectivity index (χ0) is 22.4. The Kier molecular flexibility index (Phi) is 5.02. The number of thiazole rings is 1. The van der Waals surface area contributed by atoms with E-state index >= 15 is 0 Å². The van der Waals surface area contributed by atoms with Crippen LogP contribution in [-0.2, 0) is 17.6 Å². The fourth-order valence-electron chi connectivity index (χ4n) is 4.87. The van der Waals surface area contributed by atoms with Crippen molar-refractivity contribution in [3.05, 3.63) is 64.2 Å². The third-order valence-corrected chi connectivity index (χ3v) is 7.53. The minimum atomic E-state index is -0.271. The maximum atomic E-state index is 13.6. The van der Waals surface area contributed by atoms with Gasteiger partial charge in [0.1, 0.15) is 0 Å². The highest BCUT2D eigenvalue weighted by Crippen LogP contribution is 2.40. The average Bonchev–Trinajstić information content (AvgIpc) is 3.49. The molecule has 8 heteroatoms. The second kappa shape index (κ2) is 8.19. The standard InChI is InChI=1S/C25H23N3O4S/c29-23(16-10-11-19-20(13-16)32-14-31-19)27-25-26-22-17(7-3-9-21(22)33-25)24(30)28-12-4-6-15-5-1-2-8-18(15)28/h1-2,5,8,10-11,13,17H,3-4,6-7,9,12,14H2,(H,26,27,29). The van der Waals surface area contributed by atoms with Crippen LogP contribution in [0.2, 0.25) is 0 Å². The Labute approximate surface area is 195 Å². The number of aryl methyl sites for hydroxylation is 2. The summed E-state index contributed by atoms with van der Waals surface area (Å²) < 4.78 is 10.7. The monoisotopic (exact) mass is 461 g/mol. The van der Waals surface area contributed by atoms with Gasteiger partial charge in [0.2, 0.25) is 12.7 Å². The van der Waals surface area contributed by atoms with Crippen molar-refractivity contribution in [1.29, 1.82) is 0 Å². The Balaban J connectivity index is 1.24. The van der Waals surface area contributed by atoms with Crippen molar-refractivity contribution < 1.29 is 19.1 Å². The molecule has 0 fully saturated rings. The Morgan fingerprint density at radius 2 is 1.94 bits per heavy atom. The molecule has 2 aliphatic heterocycles. The predicted octanol–water partition coefficient (Wildman–Crippen LogP) is 4.52. The van der Waals surface area contributed by atoms with Crippen LogP contribution >= 0.6 is 11.3 Å². The third kappa shape index (κ3) is 3.64. The Morgan fingerprint density at radius 1 is 1.06 bits per heavy atom. The molecule has 1 atom stereocenters. The van der Waals surface area contributed by atoms with Gasteiger partial charge in [-0.2, -0.15) is 0 Å². The van der Waals surface area contributed by atoms with Crippen LogP contribution in [0.1, 0.15) is 51.7 Å². The molecule has 0 saturated carbocycles. The van der Waals surface area contributed by atoms with E-state index in [0.717, 1.165) is 54.9 Å². The predicted molar refractivity (Wildman–Crippen MR) is 125 cm³/mol. The van der Waals surface area contributed by atoms with Crippen molar-refractivity contribution >= 4 is 34.0 Å². The van der Waals surface area contributed by atoms with Gasteiger partial charge in [0, 0.05) is 22.7 Å². The molecule has 2 aromatic carbocycles. The lowest BCUT2D eigenvalue weighted by molar-refractivity contribution is -0.120. The largest absolute Gasteiger partial charge is 0.454 e. The van der Waals surface area contributed by atoms with E-state index in [2.05, 4.69) is 11.4 Å². The average molecular weight is 462 g/mol. The SMILES string of the molecule is O=C(Nc1nc2c(s1)CCCC2C(=O)N1CCCc2ccccc21)c1ccc2c(c1)OCO2. The number of rotatable bonds is 3. The summed E-state index contributed by atoms with van der Waals surface area (Å²) in [7, 11) is 0. The molecule has 0 bridgehead atoms. The Morgan fingerprint density at radius 3 is 2.88 bits per heavy atom. The first-order chi connectivity index (χ1) is 16.2. The highest BCUT2D eigenvalue weighted by molar-refractivity contribution is 7.16. The first-order valence-electron chi connectivity index (χ1n) is 11.3. The van der Waals surface area contributed by atoms with Crippen molar-refractivity contribution in [1.82, 2.24) is 4.98 Å². The van der Waals surface area contributed by atoms with Gasteiger partial charge in [-0.05, 0) is 61.9 Å². The molecule has 3 aliphatic rings. The normalized spacial score (nSPS) is 18.4. The number of nitrogens with one attached hydrogen (secondary N) is 1. The van der Waals surface area contributed by atoms with E-state index in [1.807, 2.05) is 23.1 Å². The zero-order valence-electron chi connectivity index (χ0n) is 18.0. The number of amides is 2. The smallest absolute Gasteiger partial charge is 0.257 e. The molecule has 0 radical (unpaired) electrons. The number of fused-ring (bicyclic) bond motifs is 3. The quantitative estimate of drug-likeness (QED) is 0.620. The lowest BCUT2D eigenvalue weighted by Gasteiger charge is -2.33. The number of carbonyl (C=O) groups is 2. The van der Waals surface area contributed by atoms with E-state index in [1.54, 1.807) is 18.2 Å². The Hall–Kier alpha value is -3.39. The molecular weight excluding hydrogens is 438 g/mol. The van der Waals surface area contributed by atoms with Crippen molar-refractivity contribution in [2.45, 2.75) is 38.0 Å². The second-order valence-electron chi connectivity index (χ2n) is 8.52. The van der Waals surface area contributed by atoms with E-state index in [0.29, 0.717) is 22.2 Å². The van der Waals surface area contributed by atoms with Crippen LogP contribution in [0.5, 0.6) is 11.5 Å². The number of anilines is 2. The molecule has 1 aliphatic carbocycles. The maximum Gasteiger partial charge on any atom is 0.257 e. The van der Waals surface area contributed by atoms with E-state index < -0.39 is 0 Å². The molecule has 1 unspecified atom stereocenters. The molecule has 1 aromatic heterocycles. The molecule has 0 saturated heterocycles. The number of nitrogens with zero attached hydrogens (tertiary/aromatic N) is 2. The number of aromatic nitrogens is 1. The molecule has 168 valence electrons. The lowest BCUT2D eigenvalue weighted by atomic mass is 9.89. The van der Waals surface area contributed by atoms with Gasteiger partial charge in [-0.3, -0.25) is 14.9 Å². The molecule has 6 rings (SSSR count). The van der Waals surface area contributed by atoms with Crippen LogP contribution in [0.3, 0.4) is 0 Å². The van der Waals surface area contributed by atoms with Crippen molar-refractivity contribution in [3.63, 3.8) is 0 Å².